The monoisotopic (exact) mass is 264 g/mol. The summed E-state index contributed by atoms with van der Waals surface area (Å²) in [6, 6.07) is 1.87. The lowest BCUT2D eigenvalue weighted by Gasteiger charge is -2.32. The molecule has 1 aromatic rings. The fraction of sp³-hybridized carbons (Fsp3) is 0.714. The first-order valence-corrected chi connectivity index (χ1v) is 7.12. The van der Waals surface area contributed by atoms with Gasteiger partial charge in [-0.05, 0) is 44.8 Å². The molecule has 5 nitrogen and oxygen atoms in total. The Morgan fingerprint density at radius 2 is 2.16 bits per heavy atom. The summed E-state index contributed by atoms with van der Waals surface area (Å²) in [5.74, 6) is 0.822. The van der Waals surface area contributed by atoms with Crippen molar-refractivity contribution < 1.29 is 4.79 Å². The maximum absolute atomic E-state index is 12.4. The summed E-state index contributed by atoms with van der Waals surface area (Å²) in [6.07, 6.45) is 2.19. The van der Waals surface area contributed by atoms with Crippen molar-refractivity contribution >= 4 is 5.91 Å². The molecule has 19 heavy (non-hydrogen) atoms. The number of amides is 1. The van der Waals surface area contributed by atoms with Gasteiger partial charge in [0.25, 0.3) is 5.91 Å². The number of nitrogens with zero attached hydrogens (tertiary/aromatic N) is 3. The molecular weight excluding hydrogens is 240 g/mol. The summed E-state index contributed by atoms with van der Waals surface area (Å²) in [7, 11) is 1.83. The summed E-state index contributed by atoms with van der Waals surface area (Å²) in [5, 5.41) is 7.63. The third-order valence-corrected chi connectivity index (χ3v) is 3.81. The van der Waals surface area contributed by atoms with Crippen LogP contribution >= 0.6 is 0 Å². The zero-order valence-electron chi connectivity index (χ0n) is 12.1. The Bertz CT molecular complexity index is 433. The average molecular weight is 264 g/mol. The molecule has 5 heteroatoms. The van der Waals surface area contributed by atoms with E-state index in [2.05, 4.69) is 17.3 Å². The molecule has 106 valence electrons. The van der Waals surface area contributed by atoms with Crippen molar-refractivity contribution in [2.24, 2.45) is 13.0 Å². The molecule has 1 N–H and O–H groups in total. The number of carbonyl (C=O) groups excluding carboxylic acids is 1. The van der Waals surface area contributed by atoms with Gasteiger partial charge in [0.2, 0.25) is 0 Å². The normalized spacial score (nSPS) is 16.9. The van der Waals surface area contributed by atoms with Crippen LogP contribution in [0, 0.1) is 12.8 Å². The van der Waals surface area contributed by atoms with E-state index in [-0.39, 0.29) is 5.91 Å². The topological polar surface area (TPSA) is 50.2 Å². The average Bonchev–Trinajstić information content (AvgIpc) is 2.75. The van der Waals surface area contributed by atoms with Crippen LogP contribution in [0.15, 0.2) is 6.07 Å². The van der Waals surface area contributed by atoms with E-state index in [1.54, 1.807) is 4.68 Å². The molecule has 0 aliphatic carbocycles. The first-order valence-electron chi connectivity index (χ1n) is 7.12. The van der Waals surface area contributed by atoms with Crippen LogP contribution < -0.4 is 5.32 Å². The van der Waals surface area contributed by atoms with Crippen LogP contribution in [0.5, 0.6) is 0 Å². The first kappa shape index (κ1) is 14.1. The number of hydrogen-bond acceptors (Lipinski definition) is 3. The number of likely N-dealkylation sites (tertiary alicyclic amines) is 1. The van der Waals surface area contributed by atoms with Crippen LogP contribution in [-0.2, 0) is 7.05 Å². The number of nitrogens with one attached hydrogen (secondary N) is 1. The second kappa shape index (κ2) is 6.19. The van der Waals surface area contributed by atoms with Gasteiger partial charge in [-0.3, -0.25) is 9.48 Å². The van der Waals surface area contributed by atoms with Gasteiger partial charge in [-0.15, -0.1) is 0 Å². The van der Waals surface area contributed by atoms with Crippen molar-refractivity contribution in [1.29, 1.82) is 0 Å². The minimum atomic E-state index is 0.116. The van der Waals surface area contributed by atoms with Crippen LogP contribution in [0.1, 0.15) is 35.9 Å². The largest absolute Gasteiger partial charge is 0.337 e. The van der Waals surface area contributed by atoms with Gasteiger partial charge in [-0.2, -0.15) is 5.10 Å². The Morgan fingerprint density at radius 1 is 1.47 bits per heavy atom. The third-order valence-electron chi connectivity index (χ3n) is 3.81. The summed E-state index contributed by atoms with van der Waals surface area (Å²) < 4.78 is 1.68. The second-order valence-corrected chi connectivity index (χ2v) is 5.34. The molecule has 1 saturated heterocycles. The number of piperidine rings is 1. The fourth-order valence-electron chi connectivity index (χ4n) is 2.66. The highest BCUT2D eigenvalue weighted by molar-refractivity contribution is 5.92. The van der Waals surface area contributed by atoms with Crippen molar-refractivity contribution in [2.75, 3.05) is 26.2 Å². The van der Waals surface area contributed by atoms with Crippen molar-refractivity contribution in [3.05, 3.63) is 17.5 Å². The summed E-state index contributed by atoms with van der Waals surface area (Å²) >= 11 is 0. The fourth-order valence-corrected chi connectivity index (χ4v) is 2.66. The molecule has 0 saturated carbocycles. The molecule has 0 bridgehead atoms. The maximum atomic E-state index is 12.4. The van der Waals surface area contributed by atoms with E-state index in [1.807, 2.05) is 24.9 Å². The Labute approximate surface area is 115 Å². The van der Waals surface area contributed by atoms with Crippen LogP contribution in [0.3, 0.4) is 0 Å². The van der Waals surface area contributed by atoms with Crippen LogP contribution in [-0.4, -0.2) is 46.8 Å². The highest BCUT2D eigenvalue weighted by Gasteiger charge is 2.25. The van der Waals surface area contributed by atoms with Gasteiger partial charge < -0.3 is 10.2 Å². The molecule has 2 heterocycles. The van der Waals surface area contributed by atoms with Gasteiger partial charge in [0.1, 0.15) is 5.69 Å². The molecule has 0 unspecified atom stereocenters. The molecule has 1 aliphatic heterocycles. The molecular formula is C14H24N4O. The van der Waals surface area contributed by atoms with E-state index in [0.717, 1.165) is 44.7 Å². The van der Waals surface area contributed by atoms with E-state index < -0.39 is 0 Å². The van der Waals surface area contributed by atoms with Gasteiger partial charge in [0.15, 0.2) is 0 Å². The van der Waals surface area contributed by atoms with Gasteiger partial charge in [0, 0.05) is 20.1 Å². The summed E-state index contributed by atoms with van der Waals surface area (Å²) in [4.78, 5) is 14.4. The Hall–Kier alpha value is -1.36. The smallest absolute Gasteiger partial charge is 0.272 e. The van der Waals surface area contributed by atoms with Crippen LogP contribution in [0.25, 0.3) is 0 Å². The van der Waals surface area contributed by atoms with Crippen LogP contribution in [0.2, 0.25) is 0 Å². The zero-order chi connectivity index (χ0) is 13.8. The lowest BCUT2D eigenvalue weighted by molar-refractivity contribution is 0.0679. The van der Waals surface area contributed by atoms with E-state index in [9.17, 15) is 4.79 Å². The number of carbonyl (C=O) groups is 1. The minimum Gasteiger partial charge on any atom is -0.337 e. The van der Waals surface area contributed by atoms with E-state index in [0.29, 0.717) is 11.6 Å². The molecule has 0 aromatic carbocycles. The molecule has 1 aliphatic rings. The highest BCUT2D eigenvalue weighted by atomic mass is 16.2. The molecule has 0 atom stereocenters. The van der Waals surface area contributed by atoms with Gasteiger partial charge >= 0.3 is 0 Å². The molecule has 1 aromatic heterocycles. The van der Waals surface area contributed by atoms with E-state index >= 15 is 0 Å². The second-order valence-electron chi connectivity index (χ2n) is 5.34. The lowest BCUT2D eigenvalue weighted by atomic mass is 9.96. The number of rotatable bonds is 4. The van der Waals surface area contributed by atoms with Crippen LogP contribution in [0.4, 0.5) is 0 Å². The Kier molecular flexibility index (Phi) is 4.58. The molecule has 2 rings (SSSR count). The maximum Gasteiger partial charge on any atom is 0.272 e. The number of aryl methyl sites for hydroxylation is 2. The SMILES string of the molecule is CCNCC1CCN(C(=O)c2cc(C)nn2C)CC1. The van der Waals surface area contributed by atoms with Gasteiger partial charge in [-0.25, -0.2) is 0 Å². The zero-order valence-corrected chi connectivity index (χ0v) is 12.1. The minimum absolute atomic E-state index is 0.116. The van der Waals surface area contributed by atoms with E-state index in [1.165, 1.54) is 0 Å². The predicted molar refractivity (Wildman–Crippen MR) is 75.1 cm³/mol. The lowest BCUT2D eigenvalue weighted by Crippen LogP contribution is -2.41. The number of hydrogen-bond donors (Lipinski definition) is 1. The van der Waals surface area contributed by atoms with Gasteiger partial charge in [-0.1, -0.05) is 6.92 Å². The van der Waals surface area contributed by atoms with Crippen molar-refractivity contribution in [3.8, 4) is 0 Å². The molecule has 1 amide bonds. The first-order chi connectivity index (χ1) is 9.11. The summed E-state index contributed by atoms with van der Waals surface area (Å²) in [5.41, 5.74) is 1.59. The van der Waals surface area contributed by atoms with E-state index in [4.69, 9.17) is 0 Å². The van der Waals surface area contributed by atoms with Gasteiger partial charge in [0.05, 0.1) is 5.69 Å². The van der Waals surface area contributed by atoms with Crippen molar-refractivity contribution in [2.45, 2.75) is 26.7 Å². The standard InChI is InChI=1S/C14H24N4O/c1-4-15-10-12-5-7-18(8-6-12)14(19)13-9-11(2)16-17(13)3/h9,12,15H,4-8,10H2,1-3H3. The molecule has 1 fully saturated rings. The van der Waals surface area contributed by atoms with Crippen molar-refractivity contribution in [1.82, 2.24) is 20.0 Å². The quantitative estimate of drug-likeness (QED) is 0.888. The predicted octanol–water partition coefficient (Wildman–Crippen LogP) is 1.19. The Balaban J connectivity index is 1.91. The summed E-state index contributed by atoms with van der Waals surface area (Å²) in [6.45, 7) is 7.86. The molecule has 0 radical (unpaired) electrons. The Morgan fingerprint density at radius 3 is 2.68 bits per heavy atom. The highest BCUT2D eigenvalue weighted by Crippen LogP contribution is 2.18. The van der Waals surface area contributed by atoms with Crippen molar-refractivity contribution in [3.63, 3.8) is 0 Å². The number of aromatic nitrogens is 2. The molecule has 0 spiro atoms. The third kappa shape index (κ3) is 3.35.